The molecule has 0 heterocycles. The summed E-state index contributed by atoms with van der Waals surface area (Å²) in [6.45, 7) is 0. The topological polar surface area (TPSA) is 29.3 Å². The second kappa shape index (κ2) is 4.64. The first-order chi connectivity index (χ1) is 7.66. The van der Waals surface area contributed by atoms with Gasteiger partial charge in [-0.3, -0.25) is 0 Å². The Balaban J connectivity index is 2.31. The normalized spacial score (nSPS) is 10.1. The molecule has 0 bridgehead atoms. The molecule has 0 saturated heterocycles. The fraction of sp³-hybridized carbons (Fsp3) is 0. The number of nitrogens with zero attached hydrogens (tertiary/aromatic N) is 1. The van der Waals surface area contributed by atoms with Gasteiger partial charge in [-0.1, -0.05) is 24.3 Å². The van der Waals surface area contributed by atoms with E-state index in [2.05, 4.69) is 0 Å². The van der Waals surface area contributed by atoms with Gasteiger partial charge in [0.1, 0.15) is 0 Å². The van der Waals surface area contributed by atoms with E-state index in [0.29, 0.717) is 0 Å². The van der Waals surface area contributed by atoms with E-state index in [0.717, 1.165) is 26.4 Å². The summed E-state index contributed by atoms with van der Waals surface area (Å²) in [5.41, 5.74) is 9.33. The number of hydrogen-bond donors (Lipinski definition) is 1. The minimum atomic E-state index is 0.738. The van der Waals surface area contributed by atoms with Gasteiger partial charge in [-0.05, 0) is 35.4 Å². The van der Waals surface area contributed by atoms with Gasteiger partial charge in [-0.25, -0.2) is 0 Å². The second-order valence-corrected chi connectivity index (χ2v) is 4.25. The van der Waals surface area contributed by atoms with Crippen molar-refractivity contribution in [3.8, 4) is 11.1 Å². The van der Waals surface area contributed by atoms with Crippen molar-refractivity contribution in [1.82, 2.24) is 0 Å². The van der Waals surface area contributed by atoms with Gasteiger partial charge in [0.05, 0.1) is 5.69 Å². The molecule has 2 aromatic carbocycles. The van der Waals surface area contributed by atoms with Crippen LogP contribution in [0.1, 0.15) is 0 Å². The van der Waals surface area contributed by atoms with Crippen molar-refractivity contribution >= 4 is 34.9 Å². The lowest BCUT2D eigenvalue weighted by atomic mass is 10.1. The summed E-state index contributed by atoms with van der Waals surface area (Å²) in [5, 5.41) is 0. The van der Waals surface area contributed by atoms with E-state index in [1.54, 1.807) is 0 Å². The Morgan fingerprint density at radius 2 is 1.19 bits per heavy atom. The van der Waals surface area contributed by atoms with E-state index in [-0.39, 0.29) is 0 Å². The molecule has 0 aromatic heterocycles. The molecule has 0 atom stereocenters. The molecule has 2 N–H and O–H groups in total. The lowest BCUT2D eigenvalue weighted by molar-refractivity contribution is 1.56. The summed E-state index contributed by atoms with van der Waals surface area (Å²) in [5.74, 6) is 0. The van der Waals surface area contributed by atoms with Crippen molar-refractivity contribution in [1.29, 1.82) is 0 Å². The molecule has 0 unspecified atom stereocenters. The molecule has 2 nitrogen and oxygen atoms in total. The molecule has 82 valence electrons. The van der Waals surface area contributed by atoms with Gasteiger partial charge in [0.25, 0.3) is 0 Å². The van der Waals surface area contributed by atoms with Crippen molar-refractivity contribution in [2.24, 2.45) is 0 Å². The van der Waals surface area contributed by atoms with Crippen LogP contribution in [0.2, 0.25) is 0 Å². The van der Waals surface area contributed by atoms with Gasteiger partial charge < -0.3 is 5.73 Å². The number of hydrogen-bond acceptors (Lipinski definition) is 2. The predicted molar refractivity (Wildman–Crippen MR) is 70.5 cm³/mol. The van der Waals surface area contributed by atoms with Crippen LogP contribution in [0.15, 0.2) is 48.5 Å². The molecule has 16 heavy (non-hydrogen) atoms. The summed E-state index contributed by atoms with van der Waals surface area (Å²) >= 11 is 11.2. The Kier molecular flexibility index (Phi) is 3.22. The SMILES string of the molecule is Nc1ccc(-c2ccc(N(Cl)Cl)cc2)cc1. The summed E-state index contributed by atoms with van der Waals surface area (Å²) in [4.78, 5) is 0. The molecular formula is C12H10Cl2N2. The summed E-state index contributed by atoms with van der Waals surface area (Å²) in [6.07, 6.45) is 0. The monoisotopic (exact) mass is 252 g/mol. The molecule has 0 fully saturated rings. The van der Waals surface area contributed by atoms with Crippen LogP contribution in [0.4, 0.5) is 11.4 Å². The molecular weight excluding hydrogens is 243 g/mol. The Bertz CT molecular complexity index is 463. The van der Waals surface area contributed by atoms with Gasteiger partial charge in [0.15, 0.2) is 0 Å². The van der Waals surface area contributed by atoms with E-state index in [1.165, 1.54) is 0 Å². The van der Waals surface area contributed by atoms with Crippen LogP contribution >= 0.6 is 23.6 Å². The predicted octanol–water partition coefficient (Wildman–Crippen LogP) is 4.05. The zero-order valence-corrected chi connectivity index (χ0v) is 9.91. The van der Waals surface area contributed by atoms with Crippen molar-refractivity contribution in [3.05, 3.63) is 48.5 Å². The Labute approximate surface area is 104 Å². The lowest BCUT2D eigenvalue weighted by Gasteiger charge is -2.07. The molecule has 2 rings (SSSR count). The maximum absolute atomic E-state index is 5.63. The molecule has 0 radical (unpaired) electrons. The maximum atomic E-state index is 5.63. The van der Waals surface area contributed by atoms with E-state index < -0.39 is 0 Å². The first-order valence-electron chi connectivity index (χ1n) is 4.74. The molecule has 2 aromatic rings. The van der Waals surface area contributed by atoms with Gasteiger partial charge >= 0.3 is 0 Å². The molecule has 0 aliphatic carbocycles. The highest BCUT2D eigenvalue weighted by Crippen LogP contribution is 2.25. The van der Waals surface area contributed by atoms with Gasteiger partial charge in [0.2, 0.25) is 0 Å². The summed E-state index contributed by atoms with van der Waals surface area (Å²) < 4.78 is 1.03. The molecule has 0 amide bonds. The molecule has 4 heteroatoms. The van der Waals surface area contributed by atoms with Crippen LogP contribution in [-0.4, -0.2) is 0 Å². The highest BCUT2D eigenvalue weighted by molar-refractivity contribution is 6.49. The fourth-order valence-corrected chi connectivity index (χ4v) is 1.67. The average Bonchev–Trinajstić information content (AvgIpc) is 2.30. The first kappa shape index (κ1) is 11.1. The van der Waals surface area contributed by atoms with Crippen LogP contribution in [0.25, 0.3) is 11.1 Å². The number of benzene rings is 2. The third-order valence-electron chi connectivity index (χ3n) is 2.31. The van der Waals surface area contributed by atoms with Crippen molar-refractivity contribution in [3.63, 3.8) is 0 Å². The third kappa shape index (κ3) is 2.40. The first-order valence-corrected chi connectivity index (χ1v) is 5.42. The van der Waals surface area contributed by atoms with E-state index >= 15 is 0 Å². The van der Waals surface area contributed by atoms with Crippen LogP contribution in [-0.2, 0) is 0 Å². The Hall–Kier alpha value is -1.38. The Morgan fingerprint density at radius 1 is 0.750 bits per heavy atom. The number of rotatable bonds is 2. The highest BCUT2D eigenvalue weighted by atomic mass is 35.5. The average molecular weight is 253 g/mol. The van der Waals surface area contributed by atoms with Crippen LogP contribution in [0, 0.1) is 0 Å². The minimum Gasteiger partial charge on any atom is -0.399 e. The lowest BCUT2D eigenvalue weighted by Crippen LogP contribution is -1.91. The highest BCUT2D eigenvalue weighted by Gasteiger charge is 2.01. The van der Waals surface area contributed by atoms with Crippen molar-refractivity contribution in [2.45, 2.75) is 0 Å². The van der Waals surface area contributed by atoms with Gasteiger partial charge in [-0.15, -0.1) is 0 Å². The zero-order valence-electron chi connectivity index (χ0n) is 8.40. The van der Waals surface area contributed by atoms with Crippen molar-refractivity contribution in [2.75, 3.05) is 9.67 Å². The maximum Gasteiger partial charge on any atom is 0.0710 e. The molecule has 0 saturated carbocycles. The molecule has 0 aliphatic heterocycles. The third-order valence-corrected chi connectivity index (χ3v) is 2.70. The quantitative estimate of drug-likeness (QED) is 0.646. The molecule has 0 spiro atoms. The Morgan fingerprint density at radius 3 is 1.62 bits per heavy atom. The fourth-order valence-electron chi connectivity index (χ4n) is 1.44. The smallest absolute Gasteiger partial charge is 0.0710 e. The van der Waals surface area contributed by atoms with Gasteiger partial charge in [-0.2, -0.15) is 3.94 Å². The van der Waals surface area contributed by atoms with Crippen molar-refractivity contribution < 1.29 is 0 Å². The van der Waals surface area contributed by atoms with E-state index in [4.69, 9.17) is 29.3 Å². The number of nitrogen functional groups attached to an aromatic ring is 1. The van der Waals surface area contributed by atoms with E-state index in [9.17, 15) is 0 Å². The number of nitrogens with two attached hydrogens (primary N) is 1. The standard InChI is InChI=1S/C12H10Cl2N2/c13-16(14)12-7-3-10(4-8-12)9-1-5-11(15)6-2-9/h1-8H,15H2. The minimum absolute atomic E-state index is 0.738. The zero-order chi connectivity index (χ0) is 11.5. The second-order valence-electron chi connectivity index (χ2n) is 3.40. The van der Waals surface area contributed by atoms with Crippen LogP contribution < -0.4 is 9.67 Å². The van der Waals surface area contributed by atoms with Crippen LogP contribution in [0.5, 0.6) is 0 Å². The summed E-state index contributed by atoms with van der Waals surface area (Å²) in [7, 11) is 0. The summed E-state index contributed by atoms with van der Waals surface area (Å²) in [6, 6.07) is 15.3. The largest absolute Gasteiger partial charge is 0.399 e. The number of halogens is 2. The number of anilines is 2. The van der Waals surface area contributed by atoms with Gasteiger partial charge in [0, 0.05) is 29.2 Å². The van der Waals surface area contributed by atoms with Crippen LogP contribution in [0.3, 0.4) is 0 Å². The van der Waals surface area contributed by atoms with E-state index in [1.807, 2.05) is 48.5 Å². The molecule has 0 aliphatic rings.